The van der Waals surface area contributed by atoms with Gasteiger partial charge < -0.3 is 52.1 Å². The van der Waals surface area contributed by atoms with E-state index in [1.54, 1.807) is 0 Å². The number of ether oxygens (including phenoxy) is 11. The van der Waals surface area contributed by atoms with Gasteiger partial charge >= 0.3 is 5.97 Å². The molecule has 0 aromatic heterocycles. The van der Waals surface area contributed by atoms with Gasteiger partial charge in [-0.25, -0.2) is 0 Å². The maximum atomic E-state index is 12.5. The quantitative estimate of drug-likeness (QED) is 0.0507. The average Bonchev–Trinajstić information content (AvgIpc) is 3.45. The molecule has 0 amide bonds. The van der Waals surface area contributed by atoms with Crippen LogP contribution in [0.1, 0.15) is 40.3 Å². The lowest BCUT2D eigenvalue weighted by Crippen LogP contribution is -2.64. The first kappa shape index (κ1) is 52.3. The molecular weight excluding hydrogens is 937 g/mol. The van der Waals surface area contributed by atoms with Gasteiger partial charge in [0.1, 0.15) is 61.2 Å². The van der Waals surface area contributed by atoms with Crippen molar-refractivity contribution in [3.05, 3.63) is 246 Å². The third-order valence-electron chi connectivity index (χ3n) is 12.8. The Balaban J connectivity index is 1.08. The van der Waals surface area contributed by atoms with Crippen molar-refractivity contribution in [3.63, 3.8) is 0 Å². The van der Waals surface area contributed by atoms with E-state index in [9.17, 15) is 4.79 Å². The number of esters is 1. The van der Waals surface area contributed by atoms with Gasteiger partial charge in [-0.2, -0.15) is 0 Å². The zero-order chi connectivity index (χ0) is 50.6. The van der Waals surface area contributed by atoms with Gasteiger partial charge in [-0.1, -0.05) is 200 Å². The fourth-order valence-electron chi connectivity index (χ4n) is 9.01. The van der Waals surface area contributed by atoms with Crippen LogP contribution >= 0.6 is 0 Å². The molecule has 7 aromatic rings. The lowest BCUT2D eigenvalue weighted by Gasteiger charge is -2.48. The molecular formula is C62H64O12. The maximum Gasteiger partial charge on any atom is 0.302 e. The van der Waals surface area contributed by atoms with Crippen molar-refractivity contribution in [2.75, 3.05) is 13.2 Å². The topological polar surface area (TPSA) is 119 Å². The maximum absolute atomic E-state index is 12.5. The van der Waals surface area contributed by atoms with Crippen LogP contribution < -0.4 is 4.74 Å². The van der Waals surface area contributed by atoms with E-state index in [1.807, 2.05) is 212 Å². The van der Waals surface area contributed by atoms with Gasteiger partial charge in [-0.3, -0.25) is 4.79 Å². The molecule has 9 rings (SSSR count). The second-order valence-electron chi connectivity index (χ2n) is 18.2. The molecule has 2 saturated heterocycles. The summed E-state index contributed by atoms with van der Waals surface area (Å²) in [6.07, 6.45) is -8.62. The van der Waals surface area contributed by atoms with Crippen LogP contribution in [0.2, 0.25) is 0 Å². The zero-order valence-corrected chi connectivity index (χ0v) is 41.5. The largest absolute Gasteiger partial charge is 0.463 e. The fraction of sp³-hybridized carbons (Fsp3) is 0.306. The number of benzene rings is 7. The summed E-state index contributed by atoms with van der Waals surface area (Å²) >= 11 is 0. The molecule has 2 aliphatic rings. The van der Waals surface area contributed by atoms with Crippen LogP contribution in [0.5, 0.6) is 5.75 Å². The highest BCUT2D eigenvalue weighted by molar-refractivity contribution is 5.65. The molecule has 74 heavy (non-hydrogen) atoms. The Morgan fingerprint density at radius 3 is 0.973 bits per heavy atom. The number of rotatable bonds is 25. The minimum absolute atomic E-state index is 0.0954. The lowest BCUT2D eigenvalue weighted by atomic mass is 9.96. The Bertz CT molecular complexity index is 2650. The highest BCUT2D eigenvalue weighted by atomic mass is 16.8. The molecule has 0 spiro atoms. The summed E-state index contributed by atoms with van der Waals surface area (Å²) in [6.45, 7) is 2.50. The summed E-state index contributed by atoms with van der Waals surface area (Å²) in [6, 6.07) is 69.0. The minimum Gasteiger partial charge on any atom is -0.463 e. The molecule has 0 unspecified atom stereocenters. The monoisotopic (exact) mass is 1000 g/mol. The van der Waals surface area contributed by atoms with Crippen LogP contribution in [-0.4, -0.2) is 80.6 Å². The summed E-state index contributed by atoms with van der Waals surface area (Å²) in [7, 11) is 0. The van der Waals surface area contributed by atoms with Crippen molar-refractivity contribution in [3.8, 4) is 5.75 Å². The summed E-state index contributed by atoms with van der Waals surface area (Å²) in [4.78, 5) is 12.5. The van der Waals surface area contributed by atoms with E-state index < -0.39 is 67.4 Å². The Morgan fingerprint density at radius 1 is 0.338 bits per heavy atom. The first-order valence-electron chi connectivity index (χ1n) is 25.2. The lowest BCUT2D eigenvalue weighted by molar-refractivity contribution is -0.346. The van der Waals surface area contributed by atoms with Gasteiger partial charge in [0.15, 0.2) is 6.29 Å². The molecule has 10 atom stereocenters. The molecule has 0 saturated carbocycles. The Hall–Kier alpha value is -6.55. The smallest absolute Gasteiger partial charge is 0.302 e. The summed E-state index contributed by atoms with van der Waals surface area (Å²) < 4.78 is 74.9. The average molecular weight is 1000 g/mol. The normalized spacial score (nSPS) is 23.7. The number of carbonyl (C=O) groups is 1. The van der Waals surface area contributed by atoms with Gasteiger partial charge in [0.05, 0.1) is 46.2 Å². The Labute approximate surface area is 433 Å². The van der Waals surface area contributed by atoms with Crippen molar-refractivity contribution in [1.29, 1.82) is 0 Å². The Morgan fingerprint density at radius 2 is 0.622 bits per heavy atom. The van der Waals surface area contributed by atoms with Crippen molar-refractivity contribution in [2.45, 2.75) is 108 Å². The van der Waals surface area contributed by atoms with Crippen LogP contribution in [0, 0.1) is 0 Å². The number of carbonyl (C=O) groups excluding carboxylic acids is 1. The van der Waals surface area contributed by atoms with E-state index in [0.717, 1.165) is 33.4 Å². The first-order chi connectivity index (χ1) is 36.5. The Kier molecular flexibility index (Phi) is 19.6. The van der Waals surface area contributed by atoms with Crippen molar-refractivity contribution >= 4 is 5.97 Å². The van der Waals surface area contributed by atoms with Crippen LogP contribution in [0.4, 0.5) is 0 Å². The first-order valence-corrected chi connectivity index (χ1v) is 25.2. The van der Waals surface area contributed by atoms with Crippen LogP contribution in [0.25, 0.3) is 0 Å². The van der Waals surface area contributed by atoms with E-state index in [2.05, 4.69) is 0 Å². The van der Waals surface area contributed by atoms with Crippen LogP contribution in [0.3, 0.4) is 0 Å². The highest BCUT2D eigenvalue weighted by Gasteiger charge is 2.53. The molecule has 0 aliphatic carbocycles. The number of hydrogen-bond donors (Lipinski definition) is 0. The van der Waals surface area contributed by atoms with E-state index in [4.69, 9.17) is 52.1 Å². The molecule has 384 valence electrons. The third-order valence-corrected chi connectivity index (χ3v) is 12.8. The molecule has 7 aromatic carbocycles. The number of hydrogen-bond acceptors (Lipinski definition) is 12. The molecule has 12 nitrogen and oxygen atoms in total. The molecule has 12 heteroatoms. The highest BCUT2D eigenvalue weighted by Crippen LogP contribution is 2.35. The van der Waals surface area contributed by atoms with Crippen molar-refractivity contribution in [1.82, 2.24) is 0 Å². The van der Waals surface area contributed by atoms with Gasteiger partial charge in [-0.05, 0) is 45.5 Å². The van der Waals surface area contributed by atoms with E-state index >= 15 is 0 Å². The standard InChI is InChI=1S/C62H64O12/c1-45(63)64-43-53-55(65-37-46-23-9-2-10-24-46)57(67-39-48-27-13-4-14-28-48)59(69-41-50-31-17-6-18-32-50)61(73-53)71-44-54-56(66-38-47-25-11-3-12-26-47)58(68-40-49-29-15-5-16-30-49)60(70-42-51-33-19-7-20-34-51)62(74-54)72-52-35-21-8-22-36-52/h2-36,53-62H,37-44H2,1H3/t53-,54-,55-,56-,57+,58+,59+,60+,61+,62+/m1/s1. The second-order valence-corrected chi connectivity index (χ2v) is 18.2. The molecule has 0 bridgehead atoms. The summed E-state index contributed by atoms with van der Waals surface area (Å²) in [5.74, 6) is 0.107. The van der Waals surface area contributed by atoms with Crippen molar-refractivity contribution < 1.29 is 56.9 Å². The van der Waals surface area contributed by atoms with Gasteiger partial charge in [-0.15, -0.1) is 0 Å². The molecule has 0 radical (unpaired) electrons. The zero-order valence-electron chi connectivity index (χ0n) is 41.5. The third kappa shape index (κ3) is 15.3. The van der Waals surface area contributed by atoms with Gasteiger partial charge in [0.2, 0.25) is 6.29 Å². The predicted molar refractivity (Wildman–Crippen MR) is 277 cm³/mol. The second kappa shape index (κ2) is 27.7. The van der Waals surface area contributed by atoms with E-state index in [-0.39, 0.29) is 52.9 Å². The SMILES string of the molecule is CC(=O)OC[C@H]1O[C@H](OC[C@H]2O[C@H](Oc3ccccc3)[C@@H](OCc3ccccc3)[C@@H](OCc3ccccc3)[C@@H]2OCc2ccccc2)[C@@H](OCc2ccccc2)[C@@H](OCc2ccccc2)[C@@H]1OCc1ccccc1. The van der Waals surface area contributed by atoms with Gasteiger partial charge in [0, 0.05) is 6.92 Å². The molecule has 0 N–H and O–H groups in total. The summed E-state index contributed by atoms with van der Waals surface area (Å²) in [5.41, 5.74) is 5.71. The van der Waals surface area contributed by atoms with Crippen LogP contribution in [0.15, 0.2) is 212 Å². The number of para-hydroxylation sites is 1. The fourth-order valence-corrected chi connectivity index (χ4v) is 9.01. The summed E-state index contributed by atoms with van der Waals surface area (Å²) in [5, 5.41) is 0. The molecule has 2 heterocycles. The molecule has 2 aliphatic heterocycles. The van der Waals surface area contributed by atoms with Crippen molar-refractivity contribution in [2.24, 2.45) is 0 Å². The van der Waals surface area contributed by atoms with Crippen LogP contribution in [-0.2, 0) is 91.8 Å². The van der Waals surface area contributed by atoms with E-state index in [0.29, 0.717) is 5.75 Å². The van der Waals surface area contributed by atoms with Gasteiger partial charge in [0.25, 0.3) is 0 Å². The minimum atomic E-state index is -1.11. The van der Waals surface area contributed by atoms with E-state index in [1.165, 1.54) is 6.92 Å². The predicted octanol–water partition coefficient (Wildman–Crippen LogP) is 10.6. The molecule has 2 fully saturated rings.